The first-order valence-electron chi connectivity index (χ1n) is 8.57. The third-order valence-corrected chi connectivity index (χ3v) is 5.55. The van der Waals surface area contributed by atoms with E-state index in [-0.39, 0.29) is 16.9 Å². The van der Waals surface area contributed by atoms with Crippen molar-refractivity contribution < 1.29 is 27.2 Å². The molecule has 1 aliphatic rings. The summed E-state index contributed by atoms with van der Waals surface area (Å²) in [6, 6.07) is 4.73. The third-order valence-electron chi connectivity index (χ3n) is 4.53. The maximum atomic E-state index is 13.4. The van der Waals surface area contributed by atoms with E-state index in [2.05, 4.69) is 10.3 Å². The van der Waals surface area contributed by atoms with Gasteiger partial charge in [0, 0.05) is 29.2 Å². The van der Waals surface area contributed by atoms with Gasteiger partial charge in [0.25, 0.3) is 11.8 Å². The van der Waals surface area contributed by atoms with Gasteiger partial charge in [-0.05, 0) is 41.6 Å². The van der Waals surface area contributed by atoms with Crippen LogP contribution in [0.5, 0.6) is 0 Å². The van der Waals surface area contributed by atoms with E-state index in [1.165, 1.54) is 15.8 Å². The first-order valence-corrected chi connectivity index (χ1v) is 9.45. The largest absolute Gasteiger partial charge is 0.451 e. The van der Waals surface area contributed by atoms with Crippen LogP contribution in [0.4, 0.5) is 18.9 Å². The molecule has 2 amide bonds. The van der Waals surface area contributed by atoms with E-state index >= 15 is 0 Å². The molecule has 3 heterocycles. The van der Waals surface area contributed by atoms with E-state index in [1.54, 1.807) is 11.3 Å². The molecule has 0 radical (unpaired) electrons. The van der Waals surface area contributed by atoms with E-state index in [9.17, 15) is 22.8 Å². The van der Waals surface area contributed by atoms with Gasteiger partial charge in [0.15, 0.2) is 12.1 Å². The number of alkyl halides is 3. The number of nitrogens with one attached hydrogen (secondary N) is 1. The van der Waals surface area contributed by atoms with Gasteiger partial charge in [0.2, 0.25) is 0 Å². The molecule has 6 nitrogen and oxygen atoms in total. The molecule has 0 spiro atoms. The lowest BCUT2D eigenvalue weighted by atomic mass is 10.0. The summed E-state index contributed by atoms with van der Waals surface area (Å²) in [6.45, 7) is 0.762. The Morgan fingerprint density at radius 2 is 2.07 bits per heavy atom. The standard InChI is InChI=1S/C19H14F3N3O3S/c20-19(21,22)13-5-12(6-14(7-13)24-17(26)15-9-28-10-23-15)18(27)25-3-1-16-11(8-25)2-4-29-16/h2,4-7,9-10H,1,3,8H2,(H,24,26). The lowest BCUT2D eigenvalue weighted by Crippen LogP contribution is -2.35. The molecule has 0 atom stereocenters. The molecule has 1 N–H and O–H groups in total. The van der Waals surface area contributed by atoms with Crippen LogP contribution in [0.1, 0.15) is 36.9 Å². The fraction of sp³-hybridized carbons (Fsp3) is 0.211. The van der Waals surface area contributed by atoms with Crippen molar-refractivity contribution in [2.24, 2.45) is 0 Å². The molecule has 1 aromatic carbocycles. The molecule has 10 heteroatoms. The van der Waals surface area contributed by atoms with Gasteiger partial charge in [-0.2, -0.15) is 13.2 Å². The van der Waals surface area contributed by atoms with Gasteiger partial charge in [-0.1, -0.05) is 0 Å². The van der Waals surface area contributed by atoms with Crippen LogP contribution in [0.25, 0.3) is 0 Å². The van der Waals surface area contributed by atoms with Crippen LogP contribution in [0, 0.1) is 0 Å². The van der Waals surface area contributed by atoms with E-state index < -0.39 is 23.6 Å². The predicted molar refractivity (Wildman–Crippen MR) is 98.7 cm³/mol. The fourth-order valence-electron chi connectivity index (χ4n) is 3.11. The highest BCUT2D eigenvalue weighted by atomic mass is 32.1. The van der Waals surface area contributed by atoms with Gasteiger partial charge in [-0.3, -0.25) is 9.59 Å². The van der Waals surface area contributed by atoms with E-state index in [4.69, 9.17) is 4.42 Å². The maximum absolute atomic E-state index is 13.4. The van der Waals surface area contributed by atoms with Crippen LogP contribution in [0.3, 0.4) is 0 Å². The van der Waals surface area contributed by atoms with Crippen molar-refractivity contribution in [2.75, 3.05) is 11.9 Å². The molecule has 0 saturated carbocycles. The van der Waals surface area contributed by atoms with Crippen LogP contribution >= 0.6 is 11.3 Å². The quantitative estimate of drug-likeness (QED) is 0.688. The number of aromatic nitrogens is 1. The normalized spacial score (nSPS) is 13.8. The zero-order chi connectivity index (χ0) is 20.6. The molecule has 0 fully saturated rings. The molecule has 0 aliphatic carbocycles. The predicted octanol–water partition coefficient (Wildman–Crippen LogP) is 4.21. The monoisotopic (exact) mass is 421 g/mol. The Labute approximate surface area is 167 Å². The van der Waals surface area contributed by atoms with Crippen LogP contribution in [0.15, 0.2) is 46.7 Å². The molecule has 1 aliphatic heterocycles. The molecule has 0 bridgehead atoms. The number of hydrogen-bond donors (Lipinski definition) is 1. The molecule has 4 rings (SSSR count). The Morgan fingerprint density at radius 3 is 2.79 bits per heavy atom. The van der Waals surface area contributed by atoms with Crippen molar-refractivity contribution in [2.45, 2.75) is 19.1 Å². The highest BCUT2D eigenvalue weighted by molar-refractivity contribution is 7.10. The number of thiophene rings is 1. The number of carbonyl (C=O) groups is 2. The second-order valence-electron chi connectivity index (χ2n) is 6.47. The molecule has 0 unspecified atom stereocenters. The number of oxazole rings is 1. The summed E-state index contributed by atoms with van der Waals surface area (Å²) in [7, 11) is 0. The summed E-state index contributed by atoms with van der Waals surface area (Å²) >= 11 is 1.60. The lowest BCUT2D eigenvalue weighted by molar-refractivity contribution is -0.137. The second-order valence-corrected chi connectivity index (χ2v) is 7.47. The molecule has 150 valence electrons. The number of amides is 2. The number of benzene rings is 1. The summed E-state index contributed by atoms with van der Waals surface area (Å²) in [5.41, 5.74) is -0.400. The van der Waals surface area contributed by atoms with Crippen molar-refractivity contribution in [1.82, 2.24) is 9.88 Å². The summed E-state index contributed by atoms with van der Waals surface area (Å²) in [5.74, 6) is -1.26. The zero-order valence-electron chi connectivity index (χ0n) is 14.8. The van der Waals surface area contributed by atoms with Crippen LogP contribution in [-0.2, 0) is 19.1 Å². The summed E-state index contributed by atoms with van der Waals surface area (Å²) in [4.78, 5) is 31.4. The first-order chi connectivity index (χ1) is 13.8. The number of anilines is 1. The van der Waals surface area contributed by atoms with E-state index in [0.717, 1.165) is 30.4 Å². The van der Waals surface area contributed by atoms with Crippen molar-refractivity contribution in [3.8, 4) is 0 Å². The van der Waals surface area contributed by atoms with Crippen molar-refractivity contribution in [1.29, 1.82) is 0 Å². The lowest BCUT2D eigenvalue weighted by Gasteiger charge is -2.27. The fourth-order valence-corrected chi connectivity index (χ4v) is 4.00. The van der Waals surface area contributed by atoms with Gasteiger partial charge in [0.05, 0.1) is 5.56 Å². The van der Waals surface area contributed by atoms with Gasteiger partial charge in [-0.15, -0.1) is 11.3 Å². The number of carbonyl (C=O) groups excluding carboxylic acids is 2. The molecular formula is C19H14F3N3O3S. The Morgan fingerprint density at radius 1 is 1.24 bits per heavy atom. The topological polar surface area (TPSA) is 75.4 Å². The molecule has 3 aromatic rings. The Bertz CT molecular complexity index is 1060. The first kappa shape index (κ1) is 19.2. The molecule has 0 saturated heterocycles. The number of rotatable bonds is 3. The highest BCUT2D eigenvalue weighted by Crippen LogP contribution is 2.33. The van der Waals surface area contributed by atoms with Gasteiger partial charge < -0.3 is 14.6 Å². The summed E-state index contributed by atoms with van der Waals surface area (Å²) in [5, 5.41) is 4.27. The average molecular weight is 421 g/mol. The highest BCUT2D eigenvalue weighted by Gasteiger charge is 2.33. The Kier molecular flexibility index (Phi) is 4.87. The maximum Gasteiger partial charge on any atom is 0.416 e. The summed E-state index contributed by atoms with van der Waals surface area (Å²) in [6.07, 6.45) is -1.91. The van der Waals surface area contributed by atoms with Gasteiger partial charge >= 0.3 is 6.18 Å². The minimum Gasteiger partial charge on any atom is -0.451 e. The Hall–Kier alpha value is -3.14. The van der Waals surface area contributed by atoms with Gasteiger partial charge in [0.1, 0.15) is 6.26 Å². The zero-order valence-corrected chi connectivity index (χ0v) is 15.6. The van der Waals surface area contributed by atoms with Crippen LogP contribution in [0.2, 0.25) is 0 Å². The molecular weight excluding hydrogens is 407 g/mol. The van der Waals surface area contributed by atoms with Crippen molar-refractivity contribution >= 4 is 28.8 Å². The number of nitrogens with zero attached hydrogens (tertiary/aromatic N) is 2. The molecule has 29 heavy (non-hydrogen) atoms. The third kappa shape index (κ3) is 4.02. The summed E-state index contributed by atoms with van der Waals surface area (Å²) < 4.78 is 44.8. The van der Waals surface area contributed by atoms with E-state index in [0.29, 0.717) is 19.5 Å². The SMILES string of the molecule is O=C(Nc1cc(C(=O)N2CCc3sccc3C2)cc(C(F)(F)F)c1)c1cocn1. The van der Waals surface area contributed by atoms with Crippen molar-refractivity contribution in [3.05, 3.63) is 69.6 Å². The molecule has 2 aromatic heterocycles. The number of hydrogen-bond acceptors (Lipinski definition) is 5. The van der Waals surface area contributed by atoms with Gasteiger partial charge in [-0.25, -0.2) is 4.98 Å². The van der Waals surface area contributed by atoms with Crippen molar-refractivity contribution in [3.63, 3.8) is 0 Å². The number of fused-ring (bicyclic) bond motifs is 1. The smallest absolute Gasteiger partial charge is 0.416 e. The van der Waals surface area contributed by atoms with Crippen LogP contribution < -0.4 is 5.32 Å². The second kappa shape index (κ2) is 7.36. The minimum absolute atomic E-state index is 0.0868. The Balaban J connectivity index is 1.63. The number of halogens is 3. The van der Waals surface area contributed by atoms with Crippen LogP contribution in [-0.4, -0.2) is 28.2 Å². The average Bonchev–Trinajstić information content (AvgIpc) is 3.37. The minimum atomic E-state index is -4.67. The van der Waals surface area contributed by atoms with E-state index in [1.807, 2.05) is 11.4 Å².